The third-order valence-corrected chi connectivity index (χ3v) is 0. The molecule has 2 radical (unpaired) electrons. The van der Waals surface area contributed by atoms with E-state index >= 15 is 0 Å². The van der Waals surface area contributed by atoms with E-state index in [1.165, 1.54) is 0 Å². The van der Waals surface area contributed by atoms with E-state index in [-0.39, 0.29) is 60.5 Å². The monoisotopic (exact) mass is 232 g/mol. The summed E-state index contributed by atoms with van der Waals surface area (Å²) in [6, 6.07) is 0. The van der Waals surface area contributed by atoms with Crippen LogP contribution in [-0.2, 0) is 0 Å². The van der Waals surface area contributed by atoms with Crippen molar-refractivity contribution in [3.05, 3.63) is 0 Å². The van der Waals surface area contributed by atoms with Crippen molar-refractivity contribution >= 4 is 13.5 Å². The Morgan fingerprint density at radius 2 is 0.182 bits per heavy atom. The molecule has 86 valence electrons. The summed E-state index contributed by atoms with van der Waals surface area (Å²) in [6.45, 7) is 0. The van der Waals surface area contributed by atoms with Crippen molar-refractivity contribution in [2.45, 2.75) is 0 Å². The number of hydrogen-bond donors (Lipinski definition) is 0. The summed E-state index contributed by atoms with van der Waals surface area (Å²) in [5.74, 6) is 0. The van der Waals surface area contributed by atoms with E-state index < -0.39 is 0 Å². The van der Waals surface area contributed by atoms with E-state index in [9.17, 15) is 0 Å². The Kier molecular flexibility index (Phi) is 4340000. The second-order valence-corrected chi connectivity index (χ2v) is 0. The molecule has 11 heavy (non-hydrogen) atoms. The summed E-state index contributed by atoms with van der Waals surface area (Å²) in [7, 11) is 0. The van der Waals surface area contributed by atoms with Crippen molar-refractivity contribution in [1.29, 1.82) is 0 Å². The summed E-state index contributed by atoms with van der Waals surface area (Å²) < 4.78 is 0. The van der Waals surface area contributed by atoms with Gasteiger partial charge in [-0.15, -0.1) is 0 Å². The van der Waals surface area contributed by atoms with Crippen LogP contribution in [0.1, 0.15) is 0 Å². The van der Waals surface area contributed by atoms with Gasteiger partial charge >= 0.3 is 0 Å². The molecule has 0 N–H and O–H groups in total. The molecule has 0 fully saturated rings. The zero-order chi connectivity index (χ0) is 0. The van der Waals surface area contributed by atoms with E-state index in [4.69, 9.17) is 0 Å². The SMILES string of the molecule is F.F.F.F.F.F.F.F.F.F.[S]. The predicted molar refractivity (Wildman–Crippen MR) is 32.6 cm³/mol. The second-order valence-electron chi connectivity index (χ2n) is 0. The Bertz CT molecular complexity index is 4.83. The Balaban J connectivity index is 0. The maximum absolute atomic E-state index is 0. The van der Waals surface area contributed by atoms with Gasteiger partial charge in [-0.25, -0.2) is 0 Å². The highest BCUT2D eigenvalue weighted by molar-refractivity contribution is 7.59. The predicted octanol–water partition coefficient (Wildman–Crippen LogP) is 2.17. The number of hydrogen-bond acceptors (Lipinski definition) is 0. The smallest absolute Gasteiger partial charge is 0 e. The maximum atomic E-state index is 0. The van der Waals surface area contributed by atoms with Crippen molar-refractivity contribution in [2.24, 2.45) is 0 Å². The van der Waals surface area contributed by atoms with Crippen LogP contribution in [0.5, 0.6) is 0 Å². The molecule has 0 unspecified atom stereocenters. The van der Waals surface area contributed by atoms with Crippen molar-refractivity contribution in [1.82, 2.24) is 0 Å². The average Bonchev–Trinajstić information content (AvgIpc) is 0. The molecular weight excluding hydrogens is 222 g/mol. The Labute approximate surface area is 61.8 Å². The Morgan fingerprint density at radius 3 is 0.182 bits per heavy atom. The van der Waals surface area contributed by atoms with Crippen LogP contribution >= 0.6 is 13.5 Å². The average molecular weight is 232 g/mol. The summed E-state index contributed by atoms with van der Waals surface area (Å²) in [5, 5.41) is 0. The van der Waals surface area contributed by atoms with Gasteiger partial charge in [-0.05, 0) is 0 Å². The Hall–Kier alpha value is -0.350. The highest BCUT2D eigenvalue weighted by Gasteiger charge is 0.0000385. The molecule has 0 amide bonds. The van der Waals surface area contributed by atoms with E-state index in [1.54, 1.807) is 0 Å². The molecule has 0 aromatic heterocycles. The molecule has 0 aliphatic heterocycles. The first-order valence-corrected chi connectivity index (χ1v) is 0. The molecule has 0 bridgehead atoms. The zero-order valence-electron chi connectivity index (χ0n) is 4.49. The lowest BCUT2D eigenvalue weighted by molar-refractivity contribution is 1.11. The van der Waals surface area contributed by atoms with Crippen LogP contribution in [0.3, 0.4) is 0 Å². The van der Waals surface area contributed by atoms with Crippen LogP contribution in [0.4, 0.5) is 47.0 Å². The molecule has 0 aromatic carbocycles. The molecule has 0 saturated carbocycles. The highest BCUT2D eigenvalue weighted by atomic mass is 32.1. The lowest BCUT2D eigenvalue weighted by Crippen LogP contribution is 0.419. The van der Waals surface area contributed by atoms with Crippen LogP contribution < -0.4 is 0 Å². The molecule has 0 aliphatic rings. The second kappa shape index (κ2) is 5890. The fraction of sp³-hybridized carbons (Fsp3) is 0. The van der Waals surface area contributed by atoms with Crippen LogP contribution in [0, 0.1) is 0 Å². The normalized spacial score (nSPS) is 0. The van der Waals surface area contributed by atoms with E-state index in [0.717, 1.165) is 0 Å². The Morgan fingerprint density at radius 1 is 0.182 bits per heavy atom. The van der Waals surface area contributed by atoms with Crippen LogP contribution in [0.2, 0.25) is 0 Å². The first kappa shape index (κ1) is 8100. The molecule has 0 nitrogen and oxygen atoms in total. The van der Waals surface area contributed by atoms with Gasteiger partial charge in [0.1, 0.15) is 0 Å². The topological polar surface area (TPSA) is 0 Å². The van der Waals surface area contributed by atoms with Crippen molar-refractivity contribution < 1.29 is 47.0 Å². The van der Waals surface area contributed by atoms with Crippen molar-refractivity contribution in [3.8, 4) is 0 Å². The minimum atomic E-state index is 0. The largest absolute Gasteiger partial charge is 0.269 e. The lowest BCUT2D eigenvalue weighted by atomic mass is 19.0. The fourth-order valence-corrected chi connectivity index (χ4v) is 0. The zero-order valence-corrected chi connectivity index (χ0v) is 5.31. The summed E-state index contributed by atoms with van der Waals surface area (Å²) >= 11 is 0. The van der Waals surface area contributed by atoms with Crippen LogP contribution in [-0.4, -0.2) is 0 Å². The number of rotatable bonds is 0. The van der Waals surface area contributed by atoms with Gasteiger partial charge in [0, 0.05) is 13.5 Å². The first-order chi connectivity index (χ1) is 0. The molecular formula is H10F10S. The standard InChI is InChI=1S/10FH.S/h10*1H;. The minimum Gasteiger partial charge on any atom is -0.269 e. The lowest BCUT2D eigenvalue weighted by Gasteiger charge is -0.270. The van der Waals surface area contributed by atoms with Gasteiger partial charge in [0.2, 0.25) is 0 Å². The fourth-order valence-electron chi connectivity index (χ4n) is 0. The molecule has 0 atom stereocenters. The van der Waals surface area contributed by atoms with Gasteiger partial charge in [0.25, 0.3) is 0 Å². The highest BCUT2D eigenvalue weighted by Crippen LogP contribution is 0.648. The van der Waals surface area contributed by atoms with Gasteiger partial charge in [0.05, 0.1) is 0 Å². The van der Waals surface area contributed by atoms with E-state index in [1.807, 2.05) is 0 Å². The molecule has 0 spiro atoms. The third kappa shape index (κ3) is 4610. The molecule has 0 heterocycles. The quantitative estimate of drug-likeness (QED) is 0.561. The first-order valence-electron chi connectivity index (χ1n) is 0. The summed E-state index contributed by atoms with van der Waals surface area (Å²) in [5.41, 5.74) is 0. The molecule has 0 rings (SSSR count). The van der Waals surface area contributed by atoms with Gasteiger partial charge in [0.15, 0.2) is 0 Å². The molecule has 0 aromatic rings. The summed E-state index contributed by atoms with van der Waals surface area (Å²) in [4.78, 5) is 0. The maximum Gasteiger partial charge on any atom is 0 e. The van der Waals surface area contributed by atoms with Gasteiger partial charge in [-0.1, -0.05) is 0 Å². The van der Waals surface area contributed by atoms with Crippen molar-refractivity contribution in [2.75, 3.05) is 0 Å². The van der Waals surface area contributed by atoms with Crippen LogP contribution in [0.15, 0.2) is 0 Å². The van der Waals surface area contributed by atoms with Gasteiger partial charge in [-0.2, -0.15) is 0 Å². The van der Waals surface area contributed by atoms with Gasteiger partial charge in [-0.3, -0.25) is 47.0 Å². The molecule has 0 saturated heterocycles. The number of halogens is 10. The minimum absolute atomic E-state index is 0. The third-order valence-electron chi connectivity index (χ3n) is 0. The van der Waals surface area contributed by atoms with E-state index in [0.29, 0.717) is 0 Å². The van der Waals surface area contributed by atoms with Gasteiger partial charge < -0.3 is 0 Å². The van der Waals surface area contributed by atoms with Crippen LogP contribution in [0.25, 0.3) is 0 Å². The van der Waals surface area contributed by atoms with Crippen molar-refractivity contribution in [3.63, 3.8) is 0 Å². The van der Waals surface area contributed by atoms with E-state index in [2.05, 4.69) is 0 Å². The summed E-state index contributed by atoms with van der Waals surface area (Å²) in [6.07, 6.45) is 0. The molecule has 11 heteroatoms. The molecule has 0 aliphatic carbocycles.